The minimum Gasteiger partial charge on any atom is -0.390 e. The molecule has 1 aromatic rings. The van der Waals surface area contributed by atoms with Gasteiger partial charge in [-0.1, -0.05) is 16.8 Å². The third kappa shape index (κ3) is 4.68. The van der Waals surface area contributed by atoms with Crippen LogP contribution in [0.3, 0.4) is 0 Å². The lowest BCUT2D eigenvalue weighted by molar-refractivity contribution is 0.0383. The van der Waals surface area contributed by atoms with Crippen LogP contribution in [0.15, 0.2) is 22.2 Å². The van der Waals surface area contributed by atoms with Crippen LogP contribution in [0, 0.1) is 6.92 Å². The van der Waals surface area contributed by atoms with Crippen molar-refractivity contribution in [2.45, 2.75) is 45.8 Å². The van der Waals surface area contributed by atoms with E-state index in [0.29, 0.717) is 12.3 Å². The number of rotatable bonds is 5. The molecule has 1 amide bonds. The maximum Gasteiger partial charge on any atom is 0.273 e. The van der Waals surface area contributed by atoms with Crippen LogP contribution in [0.2, 0.25) is 0 Å². The van der Waals surface area contributed by atoms with Gasteiger partial charge in [0.2, 0.25) is 0 Å². The van der Waals surface area contributed by atoms with Crippen molar-refractivity contribution in [1.82, 2.24) is 15.4 Å². The molecule has 2 rings (SSSR count). The molecule has 0 radical (unpaired) electrons. The molecule has 0 aromatic carbocycles. The van der Waals surface area contributed by atoms with Crippen molar-refractivity contribution in [3.05, 3.63) is 29.2 Å². The molecule has 6 heteroatoms. The number of hydrogen-bond donors (Lipinski definition) is 2. The van der Waals surface area contributed by atoms with E-state index in [-0.39, 0.29) is 17.6 Å². The number of aliphatic hydroxyl groups is 1. The van der Waals surface area contributed by atoms with Gasteiger partial charge in [0.15, 0.2) is 5.69 Å². The summed E-state index contributed by atoms with van der Waals surface area (Å²) in [4.78, 5) is 14.3. The molecule has 0 bridgehead atoms. The largest absolute Gasteiger partial charge is 0.390 e. The first-order valence-corrected chi connectivity index (χ1v) is 7.73. The molecule has 1 aromatic heterocycles. The minimum absolute atomic E-state index is 0.232. The predicted octanol–water partition coefficient (Wildman–Crippen LogP) is 1.50. The molecule has 2 heterocycles. The first-order chi connectivity index (χ1) is 10.5. The van der Waals surface area contributed by atoms with Crippen molar-refractivity contribution in [1.29, 1.82) is 0 Å². The number of aliphatic hydroxyl groups excluding tert-OH is 1. The second-order valence-corrected chi connectivity index (χ2v) is 6.13. The molecule has 0 spiro atoms. The molecule has 22 heavy (non-hydrogen) atoms. The van der Waals surface area contributed by atoms with Gasteiger partial charge in [0.05, 0.1) is 12.1 Å². The molecule has 122 valence electrons. The quantitative estimate of drug-likeness (QED) is 0.806. The number of allylic oxidation sites excluding steroid dienone is 1. The van der Waals surface area contributed by atoms with Crippen LogP contribution in [0.4, 0.5) is 0 Å². The fraction of sp³-hybridized carbons (Fsp3) is 0.625. The topological polar surface area (TPSA) is 78.6 Å². The SMILES string of the molecule is CC(C)=CCCN1CC[C@@H](NC(=O)c2cc(C)on2)[C@H](O)C1. The molecule has 0 aliphatic carbocycles. The van der Waals surface area contributed by atoms with Gasteiger partial charge in [-0.3, -0.25) is 4.79 Å². The monoisotopic (exact) mass is 307 g/mol. The van der Waals surface area contributed by atoms with Crippen molar-refractivity contribution < 1.29 is 14.4 Å². The van der Waals surface area contributed by atoms with E-state index in [0.717, 1.165) is 25.9 Å². The maximum absolute atomic E-state index is 12.0. The Bertz CT molecular complexity index is 534. The smallest absolute Gasteiger partial charge is 0.273 e. The highest BCUT2D eigenvalue weighted by Gasteiger charge is 2.29. The lowest BCUT2D eigenvalue weighted by Gasteiger charge is -2.36. The van der Waals surface area contributed by atoms with Gasteiger partial charge in [-0.2, -0.15) is 0 Å². The summed E-state index contributed by atoms with van der Waals surface area (Å²) in [5.74, 6) is 0.304. The van der Waals surface area contributed by atoms with Crippen LogP contribution in [0.5, 0.6) is 0 Å². The van der Waals surface area contributed by atoms with Gasteiger partial charge in [0.1, 0.15) is 5.76 Å². The summed E-state index contributed by atoms with van der Waals surface area (Å²) in [6.45, 7) is 8.30. The normalized spacial score (nSPS) is 22.4. The van der Waals surface area contributed by atoms with E-state index in [4.69, 9.17) is 4.52 Å². The Hall–Kier alpha value is -1.66. The molecule has 1 fully saturated rings. The second-order valence-electron chi connectivity index (χ2n) is 6.13. The van der Waals surface area contributed by atoms with Gasteiger partial charge >= 0.3 is 0 Å². The number of piperidine rings is 1. The van der Waals surface area contributed by atoms with Crippen molar-refractivity contribution in [3.63, 3.8) is 0 Å². The Balaban J connectivity index is 1.80. The van der Waals surface area contributed by atoms with Crippen LogP contribution in [0.1, 0.15) is 42.9 Å². The number of nitrogens with zero attached hydrogens (tertiary/aromatic N) is 2. The predicted molar refractivity (Wildman–Crippen MR) is 83.6 cm³/mol. The summed E-state index contributed by atoms with van der Waals surface area (Å²) in [6.07, 6.45) is 3.37. The number of likely N-dealkylation sites (tertiary alicyclic amines) is 1. The van der Waals surface area contributed by atoms with Crippen molar-refractivity contribution >= 4 is 5.91 Å². The van der Waals surface area contributed by atoms with E-state index in [2.05, 4.69) is 35.3 Å². The number of nitrogens with one attached hydrogen (secondary N) is 1. The molecule has 0 saturated carbocycles. The fourth-order valence-corrected chi connectivity index (χ4v) is 2.62. The van der Waals surface area contributed by atoms with E-state index < -0.39 is 6.10 Å². The fourth-order valence-electron chi connectivity index (χ4n) is 2.62. The van der Waals surface area contributed by atoms with E-state index in [1.165, 1.54) is 5.57 Å². The first-order valence-electron chi connectivity index (χ1n) is 7.73. The highest BCUT2D eigenvalue weighted by molar-refractivity contribution is 5.92. The Kier molecular flexibility index (Phi) is 5.74. The molecular weight excluding hydrogens is 282 g/mol. The van der Waals surface area contributed by atoms with Gasteiger partial charge in [-0.15, -0.1) is 0 Å². The zero-order valence-corrected chi connectivity index (χ0v) is 13.5. The third-order valence-electron chi connectivity index (χ3n) is 3.84. The Morgan fingerprint density at radius 3 is 2.95 bits per heavy atom. The lowest BCUT2D eigenvalue weighted by atomic mass is 10.0. The highest BCUT2D eigenvalue weighted by Crippen LogP contribution is 2.13. The molecule has 6 nitrogen and oxygen atoms in total. The van der Waals surface area contributed by atoms with E-state index in [9.17, 15) is 9.90 Å². The summed E-state index contributed by atoms with van der Waals surface area (Å²) in [5, 5.41) is 16.8. The number of carbonyl (C=O) groups is 1. The number of aryl methyl sites for hydroxylation is 1. The average Bonchev–Trinajstić information content (AvgIpc) is 2.88. The molecule has 1 saturated heterocycles. The van der Waals surface area contributed by atoms with Crippen molar-refractivity contribution in [2.75, 3.05) is 19.6 Å². The maximum atomic E-state index is 12.0. The number of carbonyl (C=O) groups excluding carboxylic acids is 1. The number of aromatic nitrogens is 1. The van der Waals surface area contributed by atoms with Crippen LogP contribution in [0.25, 0.3) is 0 Å². The summed E-state index contributed by atoms with van der Waals surface area (Å²) >= 11 is 0. The molecular formula is C16H25N3O3. The van der Waals surface area contributed by atoms with E-state index in [1.807, 2.05) is 0 Å². The molecule has 2 N–H and O–H groups in total. The minimum atomic E-state index is -0.558. The summed E-state index contributed by atoms with van der Waals surface area (Å²) in [5.41, 5.74) is 1.57. The van der Waals surface area contributed by atoms with Crippen molar-refractivity contribution in [2.24, 2.45) is 0 Å². The Morgan fingerprint density at radius 1 is 1.59 bits per heavy atom. The van der Waals surface area contributed by atoms with Gasteiger partial charge in [-0.05, 0) is 33.6 Å². The van der Waals surface area contributed by atoms with Gasteiger partial charge in [0.25, 0.3) is 5.91 Å². The van der Waals surface area contributed by atoms with Gasteiger partial charge < -0.3 is 19.8 Å². The molecule has 0 unspecified atom stereocenters. The molecule has 2 atom stereocenters. The molecule has 1 aliphatic rings. The van der Waals surface area contributed by atoms with Crippen LogP contribution < -0.4 is 5.32 Å². The molecule has 1 aliphatic heterocycles. The standard InChI is InChI=1S/C16H25N3O3/c1-11(2)5-4-7-19-8-6-13(15(20)10-19)17-16(21)14-9-12(3)22-18-14/h5,9,13,15,20H,4,6-8,10H2,1-3H3,(H,17,21)/t13-,15-/m1/s1. The van der Waals surface area contributed by atoms with Crippen LogP contribution >= 0.6 is 0 Å². The number of amides is 1. The number of β-amino-alcohol motifs (C(OH)–C–C–N with tert-alkyl or cyclic N) is 1. The lowest BCUT2D eigenvalue weighted by Crippen LogP contribution is -2.54. The van der Waals surface area contributed by atoms with Crippen LogP contribution in [-0.2, 0) is 0 Å². The zero-order valence-electron chi connectivity index (χ0n) is 13.5. The van der Waals surface area contributed by atoms with Crippen LogP contribution in [-0.4, -0.2) is 52.9 Å². The Labute approximate surface area is 131 Å². The average molecular weight is 307 g/mol. The van der Waals surface area contributed by atoms with Gasteiger partial charge in [-0.25, -0.2) is 0 Å². The summed E-state index contributed by atoms with van der Waals surface area (Å²) in [6, 6.07) is 1.36. The van der Waals surface area contributed by atoms with Gasteiger partial charge in [0, 0.05) is 25.7 Å². The first kappa shape index (κ1) is 16.7. The summed E-state index contributed by atoms with van der Waals surface area (Å²) < 4.78 is 4.90. The van der Waals surface area contributed by atoms with E-state index >= 15 is 0 Å². The second kappa shape index (κ2) is 7.56. The zero-order chi connectivity index (χ0) is 16.1. The Morgan fingerprint density at radius 2 is 2.36 bits per heavy atom. The number of hydrogen-bond acceptors (Lipinski definition) is 5. The highest BCUT2D eigenvalue weighted by atomic mass is 16.5. The van der Waals surface area contributed by atoms with E-state index in [1.54, 1.807) is 13.0 Å². The summed E-state index contributed by atoms with van der Waals surface area (Å²) in [7, 11) is 0. The third-order valence-corrected chi connectivity index (χ3v) is 3.84. The van der Waals surface area contributed by atoms with Crippen molar-refractivity contribution in [3.8, 4) is 0 Å².